The Kier molecular flexibility index (Phi) is 6.48. The fourth-order valence-corrected chi connectivity index (χ4v) is 2.56. The predicted octanol–water partition coefficient (Wildman–Crippen LogP) is -0.502. The van der Waals surface area contributed by atoms with Gasteiger partial charge in [-0.1, -0.05) is 44.2 Å². The molecule has 0 fully saturated rings. The summed E-state index contributed by atoms with van der Waals surface area (Å²) in [6.45, 7) is 3.23. The van der Waals surface area contributed by atoms with Crippen LogP contribution in [-0.4, -0.2) is 22.9 Å². The number of H-pyrrole nitrogens is 1. The quantitative estimate of drug-likeness (QED) is 0.430. The third-order valence-electron chi connectivity index (χ3n) is 4.01. The van der Waals surface area contributed by atoms with Gasteiger partial charge in [0.1, 0.15) is 12.1 Å². The molecule has 1 aromatic heterocycles. The van der Waals surface area contributed by atoms with Gasteiger partial charge >= 0.3 is 5.69 Å². The number of carbonyl (C=O) groups excluding carboxylic acids is 2. The molecular formula is C18H19N4O6-. The second-order valence-corrected chi connectivity index (χ2v) is 6.38. The molecule has 0 amide bonds. The maximum atomic E-state index is 11.5. The number of carbonyl (C=O) groups is 2. The average molecular weight is 387 g/mol. The monoisotopic (exact) mass is 387 g/mol. The Labute approximate surface area is 160 Å². The van der Waals surface area contributed by atoms with Crippen LogP contribution >= 0.6 is 0 Å². The molecule has 2 atom stereocenters. The Hall–Kier alpha value is -3.69. The zero-order valence-electron chi connectivity index (χ0n) is 15.2. The van der Waals surface area contributed by atoms with Crippen molar-refractivity contribution in [3.05, 3.63) is 58.1 Å². The van der Waals surface area contributed by atoms with E-state index in [0.29, 0.717) is 5.56 Å². The summed E-state index contributed by atoms with van der Waals surface area (Å²) in [4.78, 5) is 36.0. The maximum Gasteiger partial charge on any atom is 0.340 e. The zero-order chi connectivity index (χ0) is 20.8. The van der Waals surface area contributed by atoms with E-state index in [1.165, 1.54) is 6.07 Å². The van der Waals surface area contributed by atoms with Crippen LogP contribution in [0.5, 0.6) is 0 Å². The van der Waals surface area contributed by atoms with Crippen molar-refractivity contribution in [1.82, 2.24) is 0 Å². The van der Waals surface area contributed by atoms with Crippen LogP contribution in [0.3, 0.4) is 0 Å². The fraction of sp³-hybridized carbons (Fsp3) is 0.278. The van der Waals surface area contributed by atoms with Gasteiger partial charge in [0.25, 0.3) is 5.82 Å². The van der Waals surface area contributed by atoms with E-state index in [2.05, 4.69) is 15.6 Å². The number of hydrogen-bond donors (Lipinski definition) is 2. The first-order valence-corrected chi connectivity index (χ1v) is 8.41. The van der Waals surface area contributed by atoms with Crippen molar-refractivity contribution < 1.29 is 29.7 Å². The molecule has 148 valence electrons. The lowest BCUT2D eigenvalue weighted by molar-refractivity contribution is -0.405. The number of pyridine rings is 1. The number of benzene rings is 1. The number of aliphatic carboxylic acids is 2. The molecule has 3 N–H and O–H groups in total. The highest BCUT2D eigenvalue weighted by Gasteiger charge is 2.27. The van der Waals surface area contributed by atoms with Gasteiger partial charge in [-0.3, -0.25) is 20.7 Å². The third-order valence-corrected chi connectivity index (χ3v) is 4.01. The second kappa shape index (κ2) is 8.80. The highest BCUT2D eigenvalue weighted by molar-refractivity contribution is 5.77. The van der Waals surface area contributed by atoms with Crippen LogP contribution in [0.4, 0.5) is 17.3 Å². The molecule has 10 nitrogen and oxygen atoms in total. The Bertz CT molecular complexity index is 872. The van der Waals surface area contributed by atoms with Gasteiger partial charge < -0.3 is 19.8 Å². The molecule has 10 heteroatoms. The van der Waals surface area contributed by atoms with Crippen molar-refractivity contribution >= 4 is 29.3 Å². The smallest absolute Gasteiger partial charge is 0.340 e. The van der Waals surface area contributed by atoms with Crippen molar-refractivity contribution in [3.8, 4) is 0 Å². The van der Waals surface area contributed by atoms with Gasteiger partial charge in [0, 0.05) is 12.1 Å². The average Bonchev–Trinajstić information content (AvgIpc) is 2.64. The molecule has 2 aromatic rings. The summed E-state index contributed by atoms with van der Waals surface area (Å²) in [7, 11) is 0. The second-order valence-electron chi connectivity index (χ2n) is 6.38. The first-order chi connectivity index (χ1) is 13.2. The number of aromatic amines is 1. The molecule has 28 heavy (non-hydrogen) atoms. The van der Waals surface area contributed by atoms with E-state index in [1.54, 1.807) is 44.2 Å². The standard InChI is InChI=1S/C18H20N4O6/c1-10(2)14(17(23)24)21-16-12(22(27)28)8-9-13(20-16)19-15(18(25)26)11-6-4-3-5-7-11/h3-10,14-15H,1-2H3,(H,23,24)(H,25,26)(H2,19,20,21)/p-1/t14-,15-/m1/s1. The van der Waals surface area contributed by atoms with Gasteiger partial charge in [0.2, 0.25) is 5.82 Å². The van der Waals surface area contributed by atoms with Crippen molar-refractivity contribution in [2.75, 3.05) is 10.6 Å². The summed E-state index contributed by atoms with van der Waals surface area (Å²) in [5.41, 5.74) is 0.0146. The van der Waals surface area contributed by atoms with E-state index < -0.39 is 40.6 Å². The minimum Gasteiger partial charge on any atom is -0.546 e. The number of nitrogens with zero attached hydrogens (tertiary/aromatic N) is 1. The number of aromatic nitrogens is 1. The van der Waals surface area contributed by atoms with E-state index in [4.69, 9.17) is 0 Å². The maximum absolute atomic E-state index is 11.5. The molecule has 0 bridgehead atoms. The summed E-state index contributed by atoms with van der Waals surface area (Å²) in [5.74, 6) is -3.32. The summed E-state index contributed by atoms with van der Waals surface area (Å²) in [6.07, 6.45) is 0. The normalized spacial score (nSPS) is 12.8. The van der Waals surface area contributed by atoms with Gasteiger partial charge in [-0.2, -0.15) is 0 Å². The van der Waals surface area contributed by atoms with Gasteiger partial charge in [-0.25, -0.2) is 4.98 Å². The fourth-order valence-electron chi connectivity index (χ4n) is 2.56. The largest absolute Gasteiger partial charge is 0.546 e. The molecule has 0 aliphatic rings. The lowest BCUT2D eigenvalue weighted by Gasteiger charge is -2.21. The first kappa shape index (κ1) is 20.6. The topological polar surface area (TPSA) is 162 Å². The number of carboxylic acids is 2. The molecule has 1 heterocycles. The van der Waals surface area contributed by atoms with E-state index >= 15 is 0 Å². The number of nitrogens with one attached hydrogen (secondary N) is 3. The Morgan fingerprint density at radius 2 is 1.64 bits per heavy atom. The van der Waals surface area contributed by atoms with E-state index in [0.717, 1.165) is 6.07 Å². The lowest BCUT2D eigenvalue weighted by atomic mass is 10.0. The molecule has 1 aromatic carbocycles. The molecule has 0 saturated heterocycles. The summed E-state index contributed by atoms with van der Waals surface area (Å²) in [5, 5.41) is 39.3. The minimum absolute atomic E-state index is 0.118. The van der Waals surface area contributed by atoms with Gasteiger partial charge in [0.05, 0.1) is 16.9 Å². The van der Waals surface area contributed by atoms with Gasteiger partial charge in [-0.05, 0) is 11.5 Å². The summed E-state index contributed by atoms with van der Waals surface area (Å²) in [6, 6.07) is 8.20. The first-order valence-electron chi connectivity index (χ1n) is 8.41. The zero-order valence-corrected chi connectivity index (χ0v) is 15.2. The van der Waals surface area contributed by atoms with Gasteiger partial charge in [0.15, 0.2) is 0 Å². The number of anilines is 2. The molecule has 0 aliphatic heterocycles. The Morgan fingerprint density at radius 1 is 1.00 bits per heavy atom. The minimum atomic E-state index is -1.42. The van der Waals surface area contributed by atoms with Crippen LogP contribution in [0.15, 0.2) is 42.5 Å². The third kappa shape index (κ3) is 4.93. The highest BCUT2D eigenvalue weighted by Crippen LogP contribution is 2.24. The van der Waals surface area contributed by atoms with Crippen LogP contribution < -0.4 is 25.8 Å². The molecule has 2 rings (SSSR count). The molecule has 0 radical (unpaired) electrons. The number of hydrogen-bond acceptors (Lipinski definition) is 8. The lowest BCUT2D eigenvalue weighted by Crippen LogP contribution is -2.45. The van der Waals surface area contributed by atoms with Crippen molar-refractivity contribution in [2.45, 2.75) is 25.9 Å². The van der Waals surface area contributed by atoms with E-state index in [1.807, 2.05) is 0 Å². The summed E-state index contributed by atoms with van der Waals surface area (Å²) >= 11 is 0. The van der Waals surface area contributed by atoms with Crippen LogP contribution in [0, 0.1) is 16.0 Å². The Morgan fingerprint density at radius 3 is 2.14 bits per heavy atom. The highest BCUT2D eigenvalue weighted by atomic mass is 16.6. The number of carboxylic acid groups (broad SMARTS) is 2. The number of nitro groups is 1. The van der Waals surface area contributed by atoms with Gasteiger partial charge in [-0.15, -0.1) is 0 Å². The van der Waals surface area contributed by atoms with Crippen molar-refractivity contribution in [3.63, 3.8) is 0 Å². The van der Waals surface area contributed by atoms with Crippen LogP contribution in [0.25, 0.3) is 0 Å². The van der Waals surface area contributed by atoms with Crippen molar-refractivity contribution in [1.29, 1.82) is 0 Å². The molecule has 0 saturated carbocycles. The molecule has 0 aliphatic carbocycles. The molecular weight excluding hydrogens is 368 g/mol. The SMILES string of the molecule is CC(C)[C@@H](Nc1[nH+]c(N[C@@H](C(=O)[O-])c2ccccc2)ccc1[N+](=O)[O-])C(=O)[O-]. The Balaban J connectivity index is 2.39. The number of rotatable bonds is 9. The molecule has 0 spiro atoms. The van der Waals surface area contributed by atoms with Crippen LogP contribution in [0.1, 0.15) is 25.5 Å². The van der Waals surface area contributed by atoms with Crippen molar-refractivity contribution in [2.24, 2.45) is 5.92 Å². The van der Waals surface area contributed by atoms with Crippen LogP contribution in [0.2, 0.25) is 0 Å². The molecule has 0 unspecified atom stereocenters. The van der Waals surface area contributed by atoms with Crippen LogP contribution in [-0.2, 0) is 9.59 Å². The van der Waals surface area contributed by atoms with E-state index in [9.17, 15) is 29.9 Å². The summed E-state index contributed by atoms with van der Waals surface area (Å²) < 4.78 is 0. The predicted molar refractivity (Wildman–Crippen MR) is 94.7 cm³/mol. The van der Waals surface area contributed by atoms with E-state index in [-0.39, 0.29) is 11.6 Å².